The summed E-state index contributed by atoms with van der Waals surface area (Å²) in [6, 6.07) is 13.3. The maximum Gasteiger partial charge on any atom is 0.251 e. The number of carbonyl (C=O) groups excluding carboxylic acids is 1. The molecular weight excluding hydrogens is 331 g/mol. The number of primary amides is 1. The molecule has 2 aliphatic rings. The molecule has 2 aromatic carbocycles. The van der Waals surface area contributed by atoms with Gasteiger partial charge in [-0.1, -0.05) is 30.3 Å². The molecule has 1 amide bonds. The summed E-state index contributed by atoms with van der Waals surface area (Å²) in [5, 5.41) is 0. The minimum absolute atomic E-state index is 0.0371. The van der Waals surface area contributed by atoms with E-state index >= 15 is 0 Å². The van der Waals surface area contributed by atoms with Gasteiger partial charge in [0.15, 0.2) is 0 Å². The molecule has 0 spiro atoms. The zero-order chi connectivity index (χ0) is 18.1. The molecule has 1 heterocycles. The van der Waals surface area contributed by atoms with Gasteiger partial charge >= 0.3 is 0 Å². The van der Waals surface area contributed by atoms with Gasteiger partial charge in [0.05, 0.1) is 5.56 Å². The molecule has 0 aromatic heterocycles. The third-order valence-corrected chi connectivity index (χ3v) is 5.15. The number of halogens is 1. The van der Waals surface area contributed by atoms with Crippen molar-refractivity contribution in [2.75, 3.05) is 13.1 Å². The van der Waals surface area contributed by atoms with E-state index < -0.39 is 11.7 Å². The average Bonchev–Trinajstić information content (AvgIpc) is 3.37. The van der Waals surface area contributed by atoms with Crippen molar-refractivity contribution in [3.8, 4) is 5.75 Å². The van der Waals surface area contributed by atoms with E-state index in [0.717, 1.165) is 44.5 Å². The minimum Gasteiger partial charge on any atom is -0.489 e. The average molecular weight is 354 g/mol. The third-order valence-electron chi connectivity index (χ3n) is 5.15. The maximum atomic E-state index is 14.2. The Balaban J connectivity index is 1.46. The number of nitrogens with two attached hydrogens (primary N) is 1. The van der Waals surface area contributed by atoms with Gasteiger partial charge in [-0.05, 0) is 42.4 Å². The molecule has 1 aliphatic heterocycles. The summed E-state index contributed by atoms with van der Waals surface area (Å²) in [5.74, 6) is -0.408. The Labute approximate surface area is 152 Å². The molecule has 0 radical (unpaired) electrons. The molecule has 136 valence electrons. The van der Waals surface area contributed by atoms with Gasteiger partial charge < -0.3 is 10.5 Å². The Bertz CT molecular complexity index is 805. The summed E-state index contributed by atoms with van der Waals surface area (Å²) in [6.45, 7) is 2.67. The molecule has 4 rings (SSSR count). The highest BCUT2D eigenvalue weighted by molar-refractivity contribution is 5.93. The number of ether oxygens (including phenoxy) is 1. The second-order valence-corrected chi connectivity index (χ2v) is 7.26. The minimum atomic E-state index is -0.731. The van der Waals surface area contributed by atoms with Gasteiger partial charge in [0.2, 0.25) is 0 Å². The Hall–Kier alpha value is -2.40. The lowest BCUT2D eigenvalue weighted by atomic mass is 10.0. The topological polar surface area (TPSA) is 55.6 Å². The number of amides is 1. The lowest BCUT2D eigenvalue weighted by Gasteiger charge is -2.19. The normalized spacial score (nSPS) is 20.3. The quantitative estimate of drug-likeness (QED) is 0.864. The Kier molecular flexibility index (Phi) is 4.64. The fourth-order valence-electron chi connectivity index (χ4n) is 3.63. The number of hydrogen-bond acceptors (Lipinski definition) is 3. The van der Waals surface area contributed by atoms with Gasteiger partial charge in [0.25, 0.3) is 5.91 Å². The first-order valence-electron chi connectivity index (χ1n) is 9.16. The van der Waals surface area contributed by atoms with E-state index in [-0.39, 0.29) is 11.7 Å². The van der Waals surface area contributed by atoms with Crippen LogP contribution in [0.25, 0.3) is 0 Å². The lowest BCUT2D eigenvalue weighted by Crippen LogP contribution is -2.25. The molecular formula is C21H23FN2O2. The lowest BCUT2D eigenvalue weighted by molar-refractivity contribution is 0.0996. The number of nitrogens with zero attached hydrogens (tertiary/aromatic N) is 1. The molecule has 1 saturated carbocycles. The number of benzene rings is 2. The van der Waals surface area contributed by atoms with Gasteiger partial charge in [0, 0.05) is 25.7 Å². The number of likely N-dealkylation sites (tertiary alicyclic amines) is 1. The molecule has 2 aromatic rings. The summed E-state index contributed by atoms with van der Waals surface area (Å²) >= 11 is 0. The van der Waals surface area contributed by atoms with Crippen molar-refractivity contribution >= 4 is 5.91 Å². The third kappa shape index (κ3) is 3.73. The second-order valence-electron chi connectivity index (χ2n) is 7.26. The van der Waals surface area contributed by atoms with Crippen molar-refractivity contribution in [2.24, 2.45) is 5.73 Å². The second kappa shape index (κ2) is 7.08. The summed E-state index contributed by atoms with van der Waals surface area (Å²) in [5.41, 5.74) is 7.44. The predicted octanol–water partition coefficient (Wildman–Crippen LogP) is 3.46. The van der Waals surface area contributed by atoms with Crippen LogP contribution in [0.5, 0.6) is 5.75 Å². The highest BCUT2D eigenvalue weighted by atomic mass is 19.1. The zero-order valence-electron chi connectivity index (χ0n) is 14.7. The highest BCUT2D eigenvalue weighted by Crippen LogP contribution is 2.45. The predicted molar refractivity (Wildman–Crippen MR) is 97.6 cm³/mol. The summed E-state index contributed by atoms with van der Waals surface area (Å²) in [6.07, 6.45) is 3.04. The van der Waals surface area contributed by atoms with Gasteiger partial charge in [-0.15, -0.1) is 0 Å². The standard InChI is InChI=1S/C21H23FN2O2/c22-19-11-20(17(15-6-7-15)10-18(19)21(23)25)26-16-8-9-24(13-16)12-14-4-2-1-3-5-14/h1-5,10-11,15-16H,6-9,12-13H2,(H2,23,25)/t16-/m0/s1. The van der Waals surface area contributed by atoms with E-state index in [9.17, 15) is 9.18 Å². The Morgan fingerprint density at radius 2 is 1.96 bits per heavy atom. The zero-order valence-corrected chi connectivity index (χ0v) is 14.7. The van der Waals surface area contributed by atoms with Crippen LogP contribution in [0.15, 0.2) is 42.5 Å². The van der Waals surface area contributed by atoms with Crippen LogP contribution in [0.3, 0.4) is 0 Å². The smallest absolute Gasteiger partial charge is 0.251 e. The first-order chi connectivity index (χ1) is 12.6. The first kappa shape index (κ1) is 17.0. The van der Waals surface area contributed by atoms with Crippen LogP contribution >= 0.6 is 0 Å². The highest BCUT2D eigenvalue weighted by Gasteiger charge is 2.31. The SMILES string of the molecule is NC(=O)c1cc(C2CC2)c(O[C@H]2CCN(Cc3ccccc3)C2)cc1F. The van der Waals surface area contributed by atoms with Crippen molar-refractivity contribution in [1.82, 2.24) is 4.90 Å². The van der Waals surface area contributed by atoms with E-state index in [1.807, 2.05) is 18.2 Å². The van der Waals surface area contributed by atoms with Crippen molar-refractivity contribution < 1.29 is 13.9 Å². The molecule has 2 N–H and O–H groups in total. The number of rotatable bonds is 6. The van der Waals surface area contributed by atoms with Crippen molar-refractivity contribution in [2.45, 2.75) is 37.8 Å². The van der Waals surface area contributed by atoms with Gasteiger partial charge in [0.1, 0.15) is 17.7 Å². The van der Waals surface area contributed by atoms with Crippen LogP contribution in [-0.4, -0.2) is 30.0 Å². The van der Waals surface area contributed by atoms with Crippen LogP contribution in [0.2, 0.25) is 0 Å². The van der Waals surface area contributed by atoms with Crippen LogP contribution in [-0.2, 0) is 6.54 Å². The van der Waals surface area contributed by atoms with E-state index in [1.54, 1.807) is 6.07 Å². The molecule has 5 heteroatoms. The van der Waals surface area contributed by atoms with E-state index in [4.69, 9.17) is 10.5 Å². The maximum absolute atomic E-state index is 14.2. The van der Waals surface area contributed by atoms with E-state index in [2.05, 4.69) is 17.0 Å². The number of hydrogen-bond donors (Lipinski definition) is 1. The van der Waals surface area contributed by atoms with E-state index in [0.29, 0.717) is 11.7 Å². The number of carbonyl (C=O) groups is 1. The Morgan fingerprint density at radius 3 is 2.65 bits per heavy atom. The summed E-state index contributed by atoms with van der Waals surface area (Å²) < 4.78 is 20.4. The van der Waals surface area contributed by atoms with Gasteiger partial charge in [-0.3, -0.25) is 9.69 Å². The van der Waals surface area contributed by atoms with Gasteiger partial charge in [-0.25, -0.2) is 4.39 Å². The van der Waals surface area contributed by atoms with E-state index in [1.165, 1.54) is 11.6 Å². The van der Waals surface area contributed by atoms with Crippen LogP contribution < -0.4 is 10.5 Å². The summed E-state index contributed by atoms with van der Waals surface area (Å²) in [4.78, 5) is 13.8. The van der Waals surface area contributed by atoms with Crippen molar-refractivity contribution in [1.29, 1.82) is 0 Å². The fourth-order valence-corrected chi connectivity index (χ4v) is 3.63. The van der Waals surface area contributed by atoms with Crippen LogP contribution in [0, 0.1) is 5.82 Å². The summed E-state index contributed by atoms with van der Waals surface area (Å²) in [7, 11) is 0. The molecule has 1 aliphatic carbocycles. The molecule has 1 saturated heterocycles. The molecule has 0 bridgehead atoms. The molecule has 1 atom stereocenters. The van der Waals surface area contributed by atoms with Crippen molar-refractivity contribution in [3.05, 3.63) is 65.0 Å². The molecule has 0 unspecified atom stereocenters. The van der Waals surface area contributed by atoms with Crippen molar-refractivity contribution in [3.63, 3.8) is 0 Å². The largest absolute Gasteiger partial charge is 0.489 e. The Morgan fingerprint density at radius 1 is 1.19 bits per heavy atom. The monoisotopic (exact) mass is 354 g/mol. The molecule has 4 nitrogen and oxygen atoms in total. The van der Waals surface area contributed by atoms with Gasteiger partial charge in [-0.2, -0.15) is 0 Å². The first-order valence-corrected chi connectivity index (χ1v) is 9.16. The molecule has 26 heavy (non-hydrogen) atoms. The van der Waals surface area contributed by atoms with Crippen LogP contribution in [0.4, 0.5) is 4.39 Å². The molecule has 2 fully saturated rings. The fraction of sp³-hybridized carbons (Fsp3) is 0.381. The van der Waals surface area contributed by atoms with Crippen LogP contribution in [0.1, 0.15) is 46.7 Å².